The molecule has 0 radical (unpaired) electrons. The molecule has 2 aromatic rings. The van der Waals surface area contributed by atoms with E-state index in [9.17, 15) is 0 Å². The molecular formula is C14H18N4O. The predicted octanol–water partition coefficient (Wildman–Crippen LogP) is 3.14. The van der Waals surface area contributed by atoms with Crippen LogP contribution in [0.15, 0.2) is 21.7 Å². The van der Waals surface area contributed by atoms with Crippen molar-refractivity contribution in [3.8, 4) is 0 Å². The minimum atomic E-state index is 0.509. The zero-order valence-corrected chi connectivity index (χ0v) is 11.9. The number of hydrogen-bond acceptors (Lipinski definition) is 5. The maximum absolute atomic E-state index is 5.49. The smallest absolute Gasteiger partial charge is 0.243 e. The van der Waals surface area contributed by atoms with E-state index >= 15 is 0 Å². The Kier molecular flexibility index (Phi) is 3.64. The summed E-state index contributed by atoms with van der Waals surface area (Å²) in [6.45, 7) is 9.63. The third-order valence-electron chi connectivity index (χ3n) is 2.74. The lowest BCUT2D eigenvalue weighted by atomic mass is 10.2. The second kappa shape index (κ2) is 5.22. The third-order valence-corrected chi connectivity index (χ3v) is 2.74. The van der Waals surface area contributed by atoms with Crippen LogP contribution in [0.25, 0.3) is 0 Å². The van der Waals surface area contributed by atoms with Crippen molar-refractivity contribution in [2.24, 2.45) is 5.10 Å². The largest absolute Gasteiger partial charge is 0.466 e. The number of hydrazone groups is 1. The lowest BCUT2D eigenvalue weighted by molar-refractivity contribution is 0.504. The number of nitrogens with zero attached hydrogens (tertiary/aromatic N) is 3. The van der Waals surface area contributed by atoms with Crippen molar-refractivity contribution in [2.45, 2.75) is 34.6 Å². The molecule has 5 heteroatoms. The lowest BCUT2D eigenvalue weighted by Gasteiger charge is -2.03. The van der Waals surface area contributed by atoms with Gasteiger partial charge in [0.2, 0.25) is 5.95 Å². The van der Waals surface area contributed by atoms with Crippen LogP contribution in [-0.2, 0) is 0 Å². The topological polar surface area (TPSA) is 63.3 Å². The van der Waals surface area contributed by atoms with Crippen LogP contribution in [0.4, 0.5) is 5.95 Å². The molecule has 2 aromatic heterocycles. The maximum Gasteiger partial charge on any atom is 0.243 e. The average Bonchev–Trinajstić information content (AvgIpc) is 2.64. The summed E-state index contributed by atoms with van der Waals surface area (Å²) < 4.78 is 5.49. The summed E-state index contributed by atoms with van der Waals surface area (Å²) >= 11 is 0. The second-order valence-corrected chi connectivity index (χ2v) is 4.61. The Hall–Kier alpha value is -2.17. The van der Waals surface area contributed by atoms with E-state index in [0.29, 0.717) is 5.95 Å². The first-order valence-corrected chi connectivity index (χ1v) is 6.15. The van der Waals surface area contributed by atoms with Crippen molar-refractivity contribution in [3.63, 3.8) is 0 Å². The normalized spacial score (nSPS) is 11.7. The number of nitrogens with one attached hydrogen (secondary N) is 1. The molecule has 0 aliphatic rings. The predicted molar refractivity (Wildman–Crippen MR) is 75.5 cm³/mol. The highest BCUT2D eigenvalue weighted by Gasteiger charge is 2.07. The van der Waals surface area contributed by atoms with Gasteiger partial charge in [-0.2, -0.15) is 5.10 Å². The van der Waals surface area contributed by atoms with Gasteiger partial charge in [0.1, 0.15) is 11.5 Å². The Labute approximate surface area is 112 Å². The quantitative estimate of drug-likeness (QED) is 0.678. The van der Waals surface area contributed by atoms with Crippen LogP contribution >= 0.6 is 0 Å². The van der Waals surface area contributed by atoms with Crippen molar-refractivity contribution in [3.05, 3.63) is 40.6 Å². The summed E-state index contributed by atoms with van der Waals surface area (Å²) in [7, 11) is 0. The minimum Gasteiger partial charge on any atom is -0.466 e. The molecule has 0 aliphatic heterocycles. The molecule has 0 saturated carbocycles. The fraction of sp³-hybridized carbons (Fsp3) is 0.357. The van der Waals surface area contributed by atoms with Crippen LogP contribution in [0.1, 0.15) is 35.4 Å². The fourth-order valence-corrected chi connectivity index (χ4v) is 1.96. The highest BCUT2D eigenvalue weighted by atomic mass is 16.3. The summed E-state index contributed by atoms with van der Waals surface area (Å²) in [5, 5.41) is 4.30. The Morgan fingerprint density at radius 2 is 1.74 bits per heavy atom. The van der Waals surface area contributed by atoms with Crippen molar-refractivity contribution in [2.75, 3.05) is 5.43 Å². The highest BCUT2D eigenvalue weighted by molar-refractivity contribution is 5.99. The first-order chi connectivity index (χ1) is 8.95. The van der Waals surface area contributed by atoms with E-state index < -0.39 is 0 Å². The molecule has 0 unspecified atom stereocenters. The fourth-order valence-electron chi connectivity index (χ4n) is 1.96. The van der Waals surface area contributed by atoms with Gasteiger partial charge in [0.15, 0.2) is 0 Å². The van der Waals surface area contributed by atoms with E-state index in [0.717, 1.165) is 34.2 Å². The molecule has 0 bridgehead atoms. The second-order valence-electron chi connectivity index (χ2n) is 4.61. The summed E-state index contributed by atoms with van der Waals surface area (Å²) in [6, 6.07) is 3.89. The molecular weight excluding hydrogens is 240 g/mol. The number of anilines is 1. The Morgan fingerprint density at radius 3 is 2.26 bits per heavy atom. The van der Waals surface area contributed by atoms with Crippen LogP contribution in [0.5, 0.6) is 0 Å². The van der Waals surface area contributed by atoms with Crippen LogP contribution in [0.3, 0.4) is 0 Å². The molecule has 0 amide bonds. The minimum absolute atomic E-state index is 0.509. The summed E-state index contributed by atoms with van der Waals surface area (Å²) in [5.74, 6) is 2.25. The summed E-state index contributed by atoms with van der Waals surface area (Å²) in [5.41, 5.74) is 6.55. The van der Waals surface area contributed by atoms with E-state index in [4.69, 9.17) is 4.42 Å². The van der Waals surface area contributed by atoms with Crippen molar-refractivity contribution < 1.29 is 4.42 Å². The van der Waals surface area contributed by atoms with Gasteiger partial charge in [0, 0.05) is 17.0 Å². The lowest BCUT2D eigenvalue weighted by Crippen LogP contribution is -2.04. The first-order valence-electron chi connectivity index (χ1n) is 6.15. The van der Waals surface area contributed by atoms with Crippen molar-refractivity contribution in [1.29, 1.82) is 0 Å². The molecule has 0 atom stereocenters. The molecule has 0 aromatic carbocycles. The molecule has 1 N–H and O–H groups in total. The van der Waals surface area contributed by atoms with E-state index in [-0.39, 0.29) is 0 Å². The van der Waals surface area contributed by atoms with Gasteiger partial charge in [0.05, 0.1) is 5.71 Å². The molecule has 0 fully saturated rings. The van der Waals surface area contributed by atoms with Crippen LogP contribution < -0.4 is 5.43 Å². The van der Waals surface area contributed by atoms with Gasteiger partial charge in [-0.25, -0.2) is 15.4 Å². The van der Waals surface area contributed by atoms with Crippen molar-refractivity contribution >= 4 is 11.7 Å². The van der Waals surface area contributed by atoms with E-state index in [1.54, 1.807) is 0 Å². The van der Waals surface area contributed by atoms with Gasteiger partial charge in [-0.3, -0.25) is 0 Å². The Balaban J connectivity index is 2.20. The zero-order chi connectivity index (χ0) is 14.0. The summed E-state index contributed by atoms with van der Waals surface area (Å²) in [4.78, 5) is 8.55. The number of aryl methyl sites for hydroxylation is 4. The Bertz CT molecular complexity index is 608. The van der Waals surface area contributed by atoms with Gasteiger partial charge >= 0.3 is 0 Å². The first kappa shape index (κ1) is 13.3. The van der Waals surface area contributed by atoms with Gasteiger partial charge in [-0.1, -0.05) is 0 Å². The Morgan fingerprint density at radius 1 is 1.11 bits per heavy atom. The van der Waals surface area contributed by atoms with Crippen LogP contribution in [0.2, 0.25) is 0 Å². The standard InChI is InChI=1S/C14H18N4O/c1-8-6-9(2)16-14(15-8)18-17-11(4)13-7-10(3)19-12(13)5/h6-7H,1-5H3,(H,15,16,18)/b17-11-. The van der Waals surface area contributed by atoms with Crippen LogP contribution in [0, 0.1) is 27.7 Å². The molecule has 2 heterocycles. The number of rotatable bonds is 3. The molecule has 100 valence electrons. The van der Waals surface area contributed by atoms with Gasteiger partial charge in [-0.15, -0.1) is 0 Å². The molecule has 0 spiro atoms. The molecule has 5 nitrogen and oxygen atoms in total. The molecule has 2 rings (SSSR count). The van der Waals surface area contributed by atoms with E-state index in [1.165, 1.54) is 0 Å². The van der Waals surface area contributed by atoms with E-state index in [2.05, 4.69) is 20.5 Å². The van der Waals surface area contributed by atoms with Crippen molar-refractivity contribution in [1.82, 2.24) is 9.97 Å². The highest BCUT2D eigenvalue weighted by Crippen LogP contribution is 2.15. The van der Waals surface area contributed by atoms with Gasteiger partial charge < -0.3 is 4.42 Å². The van der Waals surface area contributed by atoms with Gasteiger partial charge in [0.25, 0.3) is 0 Å². The van der Waals surface area contributed by atoms with Gasteiger partial charge in [-0.05, 0) is 46.8 Å². The molecule has 19 heavy (non-hydrogen) atoms. The molecule has 0 saturated heterocycles. The average molecular weight is 258 g/mol. The third kappa shape index (κ3) is 3.19. The maximum atomic E-state index is 5.49. The zero-order valence-electron chi connectivity index (χ0n) is 11.9. The number of aromatic nitrogens is 2. The SMILES string of the molecule is C/C(=N/Nc1nc(C)cc(C)n1)c1cc(C)oc1C. The van der Waals surface area contributed by atoms with E-state index in [1.807, 2.05) is 46.8 Å². The van der Waals surface area contributed by atoms with Crippen LogP contribution in [-0.4, -0.2) is 15.7 Å². The number of furan rings is 1. The monoisotopic (exact) mass is 258 g/mol. The number of hydrogen-bond donors (Lipinski definition) is 1. The molecule has 0 aliphatic carbocycles. The summed E-state index contributed by atoms with van der Waals surface area (Å²) in [6.07, 6.45) is 0.